The van der Waals surface area contributed by atoms with Gasteiger partial charge in [0.1, 0.15) is 0 Å². The van der Waals surface area contributed by atoms with Crippen molar-refractivity contribution in [1.29, 1.82) is 0 Å². The lowest BCUT2D eigenvalue weighted by Crippen LogP contribution is -2.44. The van der Waals surface area contributed by atoms with Crippen LogP contribution in [0.25, 0.3) is 22.2 Å². The number of pyridine rings is 1. The van der Waals surface area contributed by atoms with Gasteiger partial charge < -0.3 is 15.2 Å². The highest BCUT2D eigenvalue weighted by atomic mass is 15.2. The van der Waals surface area contributed by atoms with Crippen LogP contribution in [0.4, 0.5) is 5.69 Å². The van der Waals surface area contributed by atoms with Crippen LogP contribution in [-0.4, -0.2) is 40.0 Å². The van der Waals surface area contributed by atoms with E-state index in [9.17, 15) is 0 Å². The number of anilines is 1. The molecule has 2 aliphatic rings. The quantitative estimate of drug-likeness (QED) is 0.753. The maximum Gasteiger partial charge on any atom is 0.0703 e. The van der Waals surface area contributed by atoms with Crippen LogP contribution >= 0.6 is 0 Å². The fourth-order valence-corrected chi connectivity index (χ4v) is 4.63. The molecule has 5 rings (SSSR count). The van der Waals surface area contributed by atoms with Gasteiger partial charge in [0.25, 0.3) is 0 Å². The number of nitrogens with zero attached hydrogens (tertiary/aromatic N) is 2. The van der Waals surface area contributed by atoms with Crippen molar-refractivity contribution >= 4 is 16.6 Å². The lowest BCUT2D eigenvalue weighted by Gasteiger charge is -2.37. The lowest BCUT2D eigenvalue weighted by atomic mass is 9.98. The van der Waals surface area contributed by atoms with Crippen LogP contribution in [0.3, 0.4) is 0 Å². The van der Waals surface area contributed by atoms with E-state index in [0.717, 1.165) is 29.0 Å². The van der Waals surface area contributed by atoms with Crippen molar-refractivity contribution < 1.29 is 0 Å². The standard InChI is InChI=1S/C21H24N4/c1-25-18-4-5-19(25)12-17(11-18)24-16-3-7-21(23-13-16)14-2-6-20-15(10-14)8-9-22-20/h2-3,6-10,13,17-19,22,24H,4-5,11-12H2,1H3. The third kappa shape index (κ3) is 2.71. The van der Waals surface area contributed by atoms with E-state index in [1.165, 1.54) is 36.6 Å². The fourth-order valence-electron chi connectivity index (χ4n) is 4.63. The maximum atomic E-state index is 4.69. The summed E-state index contributed by atoms with van der Waals surface area (Å²) < 4.78 is 0. The Labute approximate surface area is 148 Å². The molecule has 2 unspecified atom stereocenters. The summed E-state index contributed by atoms with van der Waals surface area (Å²) in [7, 11) is 2.29. The minimum absolute atomic E-state index is 0.581. The van der Waals surface area contributed by atoms with Gasteiger partial charge in [-0.15, -0.1) is 0 Å². The number of aromatic amines is 1. The molecule has 0 radical (unpaired) electrons. The molecule has 0 spiro atoms. The first-order valence-electron chi connectivity index (χ1n) is 9.28. The normalized spacial score (nSPS) is 26.2. The van der Waals surface area contributed by atoms with Crippen molar-refractivity contribution in [3.63, 3.8) is 0 Å². The van der Waals surface area contributed by atoms with Gasteiger partial charge in [-0.05, 0) is 63.1 Å². The predicted octanol–water partition coefficient (Wildman–Crippen LogP) is 4.27. The molecule has 2 N–H and O–H groups in total. The average molecular weight is 332 g/mol. The first-order valence-corrected chi connectivity index (χ1v) is 9.28. The number of aromatic nitrogens is 2. The number of H-pyrrole nitrogens is 1. The number of fused-ring (bicyclic) bond motifs is 3. The van der Waals surface area contributed by atoms with Crippen molar-refractivity contribution in [2.45, 2.75) is 43.8 Å². The third-order valence-electron chi connectivity index (χ3n) is 6.08. The van der Waals surface area contributed by atoms with E-state index in [2.05, 4.69) is 58.6 Å². The van der Waals surface area contributed by atoms with Gasteiger partial charge in [-0.1, -0.05) is 6.07 Å². The van der Waals surface area contributed by atoms with Crippen LogP contribution in [0, 0.1) is 0 Å². The largest absolute Gasteiger partial charge is 0.381 e. The molecule has 2 aromatic heterocycles. The summed E-state index contributed by atoms with van der Waals surface area (Å²) in [6.07, 6.45) is 9.18. The summed E-state index contributed by atoms with van der Waals surface area (Å²) in [6.45, 7) is 0. The van der Waals surface area contributed by atoms with Crippen LogP contribution in [0.5, 0.6) is 0 Å². The topological polar surface area (TPSA) is 44.0 Å². The van der Waals surface area contributed by atoms with Gasteiger partial charge in [-0.3, -0.25) is 4.98 Å². The van der Waals surface area contributed by atoms with E-state index >= 15 is 0 Å². The number of piperidine rings is 1. The van der Waals surface area contributed by atoms with Gasteiger partial charge in [0.2, 0.25) is 0 Å². The average Bonchev–Trinajstić information content (AvgIpc) is 3.16. The fraction of sp³-hybridized carbons (Fsp3) is 0.381. The number of hydrogen-bond donors (Lipinski definition) is 2. The van der Waals surface area contributed by atoms with Crippen molar-refractivity contribution in [1.82, 2.24) is 14.9 Å². The molecule has 4 heterocycles. The van der Waals surface area contributed by atoms with Crippen molar-refractivity contribution in [2.24, 2.45) is 0 Å². The summed E-state index contributed by atoms with van der Waals surface area (Å²) in [6, 6.07) is 14.9. The van der Waals surface area contributed by atoms with Gasteiger partial charge in [0.05, 0.1) is 17.6 Å². The molecule has 0 aliphatic carbocycles. The van der Waals surface area contributed by atoms with E-state index in [-0.39, 0.29) is 0 Å². The highest BCUT2D eigenvalue weighted by Crippen LogP contribution is 2.35. The first-order chi connectivity index (χ1) is 12.3. The molecule has 0 saturated carbocycles. The Hall–Kier alpha value is -2.33. The Kier molecular flexibility index (Phi) is 3.52. The number of hydrogen-bond acceptors (Lipinski definition) is 3. The summed E-state index contributed by atoms with van der Waals surface area (Å²) in [5.74, 6) is 0. The molecule has 3 aromatic rings. The second kappa shape index (κ2) is 5.88. The molecule has 2 aliphatic heterocycles. The predicted molar refractivity (Wildman–Crippen MR) is 103 cm³/mol. The highest BCUT2D eigenvalue weighted by molar-refractivity contribution is 5.84. The monoisotopic (exact) mass is 332 g/mol. The molecule has 2 saturated heterocycles. The minimum atomic E-state index is 0.581. The van der Waals surface area contributed by atoms with Crippen molar-refractivity contribution in [2.75, 3.05) is 12.4 Å². The molecule has 2 bridgehead atoms. The Balaban J connectivity index is 1.31. The van der Waals surface area contributed by atoms with E-state index in [1.807, 2.05) is 12.4 Å². The zero-order chi connectivity index (χ0) is 16.8. The van der Waals surface area contributed by atoms with Crippen LogP contribution in [0.15, 0.2) is 48.8 Å². The van der Waals surface area contributed by atoms with Crippen molar-refractivity contribution in [3.8, 4) is 11.3 Å². The molecule has 2 atom stereocenters. The summed E-state index contributed by atoms with van der Waals surface area (Å²) in [5.41, 5.74) is 4.49. The number of rotatable bonds is 3. The lowest BCUT2D eigenvalue weighted by molar-refractivity contribution is 0.169. The Morgan fingerprint density at radius 3 is 2.68 bits per heavy atom. The van der Waals surface area contributed by atoms with Crippen LogP contribution in [0.2, 0.25) is 0 Å². The Bertz CT molecular complexity index is 868. The van der Waals surface area contributed by atoms with Gasteiger partial charge >= 0.3 is 0 Å². The Morgan fingerprint density at radius 2 is 1.92 bits per heavy atom. The summed E-state index contributed by atoms with van der Waals surface area (Å²) in [4.78, 5) is 10.5. The summed E-state index contributed by atoms with van der Waals surface area (Å²) >= 11 is 0. The molecular weight excluding hydrogens is 308 g/mol. The summed E-state index contributed by atoms with van der Waals surface area (Å²) in [5, 5.41) is 4.94. The van der Waals surface area contributed by atoms with E-state index in [1.54, 1.807) is 0 Å². The SMILES string of the molecule is CN1C2CCC1CC(Nc1ccc(-c3ccc4[nH]ccc4c3)nc1)C2. The molecular formula is C21H24N4. The minimum Gasteiger partial charge on any atom is -0.381 e. The first kappa shape index (κ1) is 15.0. The molecule has 4 heteroatoms. The molecule has 4 nitrogen and oxygen atoms in total. The number of nitrogens with one attached hydrogen (secondary N) is 2. The van der Waals surface area contributed by atoms with Crippen LogP contribution in [0.1, 0.15) is 25.7 Å². The van der Waals surface area contributed by atoms with Crippen LogP contribution in [-0.2, 0) is 0 Å². The van der Waals surface area contributed by atoms with E-state index in [0.29, 0.717) is 6.04 Å². The van der Waals surface area contributed by atoms with E-state index in [4.69, 9.17) is 4.98 Å². The highest BCUT2D eigenvalue weighted by Gasteiger charge is 2.38. The van der Waals surface area contributed by atoms with Gasteiger partial charge in [0.15, 0.2) is 0 Å². The molecule has 2 fully saturated rings. The molecule has 1 aromatic carbocycles. The zero-order valence-electron chi connectivity index (χ0n) is 14.6. The second-order valence-corrected chi connectivity index (χ2v) is 7.57. The smallest absolute Gasteiger partial charge is 0.0703 e. The van der Waals surface area contributed by atoms with E-state index < -0.39 is 0 Å². The number of benzene rings is 1. The van der Waals surface area contributed by atoms with Crippen molar-refractivity contribution in [3.05, 3.63) is 48.8 Å². The molecule has 0 amide bonds. The third-order valence-corrected chi connectivity index (χ3v) is 6.08. The zero-order valence-corrected chi connectivity index (χ0v) is 14.6. The maximum absolute atomic E-state index is 4.69. The van der Waals surface area contributed by atoms with Gasteiger partial charge in [0, 0.05) is 40.8 Å². The molecule has 128 valence electrons. The molecule has 25 heavy (non-hydrogen) atoms. The van der Waals surface area contributed by atoms with Gasteiger partial charge in [-0.25, -0.2) is 0 Å². The Morgan fingerprint density at radius 1 is 1.08 bits per heavy atom. The second-order valence-electron chi connectivity index (χ2n) is 7.57. The van der Waals surface area contributed by atoms with Gasteiger partial charge in [-0.2, -0.15) is 0 Å². The van der Waals surface area contributed by atoms with Crippen LogP contribution < -0.4 is 5.32 Å².